The van der Waals surface area contributed by atoms with E-state index in [1.165, 1.54) is 44.9 Å². The van der Waals surface area contributed by atoms with E-state index in [4.69, 9.17) is 17.0 Å². The molecule has 104 valence electrons. The Morgan fingerprint density at radius 1 is 1.17 bits per heavy atom. The second-order valence-electron chi connectivity index (χ2n) is 5.72. The van der Waals surface area contributed by atoms with Crippen molar-refractivity contribution in [1.29, 1.82) is 0 Å². The zero-order valence-electron chi connectivity index (χ0n) is 11.5. The van der Waals surface area contributed by atoms with Gasteiger partial charge in [-0.05, 0) is 43.8 Å². The quantitative estimate of drug-likeness (QED) is 0.797. The van der Waals surface area contributed by atoms with Gasteiger partial charge in [-0.25, -0.2) is 0 Å². The minimum atomic E-state index is 0.614. The van der Waals surface area contributed by atoms with Gasteiger partial charge in [0.05, 0.1) is 0 Å². The number of ether oxygens (including phenoxy) is 1. The molecule has 1 N–H and O–H groups in total. The van der Waals surface area contributed by atoms with E-state index in [0.717, 1.165) is 30.8 Å². The van der Waals surface area contributed by atoms with Gasteiger partial charge in [-0.2, -0.15) is 0 Å². The first-order valence-electron chi connectivity index (χ1n) is 7.35. The summed E-state index contributed by atoms with van der Waals surface area (Å²) < 4.78 is 5.40. The summed E-state index contributed by atoms with van der Waals surface area (Å²) in [6.45, 7) is 2.91. The lowest BCUT2D eigenvalue weighted by atomic mass is 9.96. The maximum atomic E-state index is 5.51. The summed E-state index contributed by atoms with van der Waals surface area (Å²) in [6.07, 6.45) is 9.01. The largest absolute Gasteiger partial charge is 0.381 e. The van der Waals surface area contributed by atoms with Gasteiger partial charge in [-0.3, -0.25) is 0 Å². The topological polar surface area (TPSA) is 24.5 Å². The molecule has 3 nitrogen and oxygen atoms in total. The van der Waals surface area contributed by atoms with Crippen molar-refractivity contribution >= 4 is 17.3 Å². The number of hydrogen-bond donors (Lipinski definition) is 1. The monoisotopic (exact) mass is 270 g/mol. The van der Waals surface area contributed by atoms with Crippen LogP contribution in [0.25, 0.3) is 0 Å². The van der Waals surface area contributed by atoms with Crippen molar-refractivity contribution < 1.29 is 4.74 Å². The van der Waals surface area contributed by atoms with E-state index in [1.54, 1.807) is 0 Å². The molecule has 0 aromatic heterocycles. The molecule has 18 heavy (non-hydrogen) atoms. The molecule has 0 radical (unpaired) electrons. The normalized spacial score (nSPS) is 22.7. The molecule has 2 aliphatic rings. The van der Waals surface area contributed by atoms with Gasteiger partial charge in [0.15, 0.2) is 5.11 Å². The van der Waals surface area contributed by atoms with E-state index in [1.807, 2.05) is 0 Å². The van der Waals surface area contributed by atoms with Crippen molar-refractivity contribution in [3.63, 3.8) is 0 Å². The standard InChI is InChI=1S/C14H26N2OS/c1-16(11-12-7-9-17-10-8-12)14(18)15-13-5-3-2-4-6-13/h12-13H,2-11H2,1H3,(H,15,18). The molecule has 0 amide bonds. The molecule has 1 heterocycles. The third kappa shape index (κ3) is 4.39. The summed E-state index contributed by atoms with van der Waals surface area (Å²) in [5.74, 6) is 0.745. The molecular weight excluding hydrogens is 244 g/mol. The molecule has 1 saturated heterocycles. The fraction of sp³-hybridized carbons (Fsp3) is 0.929. The molecule has 1 aliphatic heterocycles. The van der Waals surface area contributed by atoms with Crippen LogP contribution in [0.1, 0.15) is 44.9 Å². The first kappa shape index (κ1) is 14.1. The Hall–Kier alpha value is -0.350. The molecular formula is C14H26N2OS. The summed E-state index contributed by atoms with van der Waals surface area (Å²) >= 11 is 5.51. The van der Waals surface area contributed by atoms with Gasteiger partial charge in [-0.15, -0.1) is 0 Å². The minimum absolute atomic E-state index is 0.614. The van der Waals surface area contributed by atoms with Crippen LogP contribution in [0.15, 0.2) is 0 Å². The highest BCUT2D eigenvalue weighted by atomic mass is 32.1. The van der Waals surface area contributed by atoms with E-state index >= 15 is 0 Å². The Morgan fingerprint density at radius 3 is 2.50 bits per heavy atom. The van der Waals surface area contributed by atoms with Gasteiger partial charge < -0.3 is 15.0 Å². The van der Waals surface area contributed by atoms with Crippen LogP contribution in [0, 0.1) is 5.92 Å². The van der Waals surface area contributed by atoms with Crippen molar-refractivity contribution in [1.82, 2.24) is 10.2 Å². The highest BCUT2D eigenvalue weighted by Gasteiger charge is 2.19. The number of nitrogens with zero attached hydrogens (tertiary/aromatic N) is 1. The van der Waals surface area contributed by atoms with Crippen molar-refractivity contribution in [3.8, 4) is 0 Å². The van der Waals surface area contributed by atoms with Crippen molar-refractivity contribution in [2.45, 2.75) is 51.0 Å². The number of thiocarbonyl (C=S) groups is 1. The van der Waals surface area contributed by atoms with Gasteiger partial charge in [0.25, 0.3) is 0 Å². The summed E-state index contributed by atoms with van der Waals surface area (Å²) in [5, 5.41) is 4.47. The molecule has 4 heteroatoms. The Kier molecular flexibility index (Phi) is 5.70. The van der Waals surface area contributed by atoms with E-state index in [0.29, 0.717) is 6.04 Å². The van der Waals surface area contributed by atoms with Crippen LogP contribution in [-0.2, 0) is 4.74 Å². The van der Waals surface area contributed by atoms with Crippen LogP contribution >= 0.6 is 12.2 Å². The lowest BCUT2D eigenvalue weighted by Gasteiger charge is -2.31. The highest BCUT2D eigenvalue weighted by molar-refractivity contribution is 7.80. The summed E-state index contributed by atoms with van der Waals surface area (Å²) in [5.41, 5.74) is 0. The fourth-order valence-corrected chi connectivity index (χ4v) is 3.17. The Balaban J connectivity index is 1.69. The second-order valence-corrected chi connectivity index (χ2v) is 6.11. The smallest absolute Gasteiger partial charge is 0.168 e. The fourth-order valence-electron chi connectivity index (χ4n) is 2.93. The van der Waals surface area contributed by atoms with Crippen molar-refractivity contribution in [3.05, 3.63) is 0 Å². The van der Waals surface area contributed by atoms with Crippen LogP contribution < -0.4 is 5.32 Å². The summed E-state index contributed by atoms with van der Waals surface area (Å²) in [6, 6.07) is 0.614. The lowest BCUT2D eigenvalue weighted by Crippen LogP contribution is -2.45. The van der Waals surface area contributed by atoms with E-state index in [9.17, 15) is 0 Å². The number of hydrogen-bond acceptors (Lipinski definition) is 2. The molecule has 2 rings (SSSR count). The molecule has 0 bridgehead atoms. The molecule has 1 aliphatic carbocycles. The first-order chi connectivity index (χ1) is 8.75. The molecule has 1 saturated carbocycles. The SMILES string of the molecule is CN(CC1CCOCC1)C(=S)NC1CCCCC1. The number of nitrogens with one attached hydrogen (secondary N) is 1. The highest BCUT2D eigenvalue weighted by Crippen LogP contribution is 2.18. The third-order valence-electron chi connectivity index (χ3n) is 4.15. The molecule has 0 spiro atoms. The van der Waals surface area contributed by atoms with E-state index < -0.39 is 0 Å². The van der Waals surface area contributed by atoms with E-state index in [2.05, 4.69) is 17.3 Å². The lowest BCUT2D eigenvalue weighted by molar-refractivity contribution is 0.0611. The summed E-state index contributed by atoms with van der Waals surface area (Å²) in [4.78, 5) is 2.22. The summed E-state index contributed by atoms with van der Waals surface area (Å²) in [7, 11) is 2.12. The first-order valence-corrected chi connectivity index (χ1v) is 7.76. The van der Waals surface area contributed by atoms with Crippen LogP contribution in [0.5, 0.6) is 0 Å². The van der Waals surface area contributed by atoms with Gasteiger partial charge in [0.2, 0.25) is 0 Å². The molecule has 0 unspecified atom stereocenters. The second kappa shape index (κ2) is 7.29. The van der Waals surface area contributed by atoms with Crippen molar-refractivity contribution in [2.24, 2.45) is 5.92 Å². The Labute approximate surface area is 116 Å². The van der Waals surface area contributed by atoms with Crippen LogP contribution in [-0.4, -0.2) is 42.9 Å². The third-order valence-corrected chi connectivity index (χ3v) is 4.58. The van der Waals surface area contributed by atoms with Gasteiger partial charge in [-0.1, -0.05) is 19.3 Å². The minimum Gasteiger partial charge on any atom is -0.381 e. The van der Waals surface area contributed by atoms with E-state index in [-0.39, 0.29) is 0 Å². The zero-order chi connectivity index (χ0) is 12.8. The zero-order valence-corrected chi connectivity index (χ0v) is 12.3. The molecule has 0 aromatic rings. The maximum Gasteiger partial charge on any atom is 0.168 e. The predicted octanol–water partition coefficient (Wildman–Crippen LogP) is 2.55. The Bertz CT molecular complexity index is 261. The average Bonchev–Trinajstić information content (AvgIpc) is 2.41. The van der Waals surface area contributed by atoms with Crippen LogP contribution in [0.4, 0.5) is 0 Å². The Morgan fingerprint density at radius 2 is 1.83 bits per heavy atom. The maximum absolute atomic E-state index is 5.51. The molecule has 2 fully saturated rings. The predicted molar refractivity (Wildman–Crippen MR) is 78.8 cm³/mol. The molecule has 0 aromatic carbocycles. The number of rotatable bonds is 3. The average molecular weight is 270 g/mol. The van der Waals surface area contributed by atoms with Crippen LogP contribution in [0.2, 0.25) is 0 Å². The van der Waals surface area contributed by atoms with Gasteiger partial charge >= 0.3 is 0 Å². The van der Waals surface area contributed by atoms with Gasteiger partial charge in [0, 0.05) is 32.8 Å². The van der Waals surface area contributed by atoms with Gasteiger partial charge in [0.1, 0.15) is 0 Å². The van der Waals surface area contributed by atoms with Crippen LogP contribution in [0.3, 0.4) is 0 Å². The molecule has 0 atom stereocenters. The van der Waals surface area contributed by atoms with Crippen molar-refractivity contribution in [2.75, 3.05) is 26.8 Å².